The van der Waals surface area contributed by atoms with Crippen molar-refractivity contribution in [1.29, 1.82) is 0 Å². The van der Waals surface area contributed by atoms with E-state index in [1.54, 1.807) is 48.5 Å². The summed E-state index contributed by atoms with van der Waals surface area (Å²) in [6.45, 7) is 3.19. The Morgan fingerprint density at radius 1 is 0.812 bits per heavy atom. The summed E-state index contributed by atoms with van der Waals surface area (Å²) in [4.78, 5) is 29.9. The quantitative estimate of drug-likeness (QED) is 0.146. The molecule has 254 valence electrons. The number of amides is 2. The summed E-state index contributed by atoms with van der Waals surface area (Å²) in [7, 11) is -1.48. The van der Waals surface area contributed by atoms with Gasteiger partial charge in [0.15, 0.2) is 11.5 Å². The number of carbonyl (C=O) groups is 2. The van der Waals surface area contributed by atoms with Gasteiger partial charge in [-0.05, 0) is 60.9 Å². The first-order valence-corrected chi connectivity index (χ1v) is 17.6. The van der Waals surface area contributed by atoms with Gasteiger partial charge in [0.05, 0.1) is 34.8 Å². The molecule has 0 saturated carbocycles. The average Bonchev–Trinajstić information content (AvgIpc) is 3.10. The molecule has 4 aromatic rings. The van der Waals surface area contributed by atoms with E-state index in [1.165, 1.54) is 37.3 Å². The summed E-state index contributed by atoms with van der Waals surface area (Å²) in [5.41, 5.74) is 1.70. The van der Waals surface area contributed by atoms with Crippen molar-refractivity contribution in [2.45, 2.75) is 50.2 Å². The van der Waals surface area contributed by atoms with Crippen LogP contribution in [0, 0.1) is 0 Å². The third-order valence-electron chi connectivity index (χ3n) is 7.88. The number of carbonyl (C=O) groups excluding carboxylic acids is 2. The van der Waals surface area contributed by atoms with Crippen molar-refractivity contribution in [3.63, 3.8) is 0 Å². The van der Waals surface area contributed by atoms with Crippen molar-refractivity contribution in [3.8, 4) is 11.5 Å². The van der Waals surface area contributed by atoms with Crippen LogP contribution in [0.3, 0.4) is 0 Å². The molecular formula is C36H39Cl2N3O6S. The number of halogens is 2. The van der Waals surface area contributed by atoms with Crippen LogP contribution in [0.1, 0.15) is 31.4 Å². The van der Waals surface area contributed by atoms with Crippen molar-refractivity contribution in [3.05, 3.63) is 118 Å². The number of nitrogens with zero attached hydrogens (tertiary/aromatic N) is 2. The molecule has 12 heteroatoms. The summed E-state index contributed by atoms with van der Waals surface area (Å²) >= 11 is 12.5. The van der Waals surface area contributed by atoms with Crippen molar-refractivity contribution < 1.29 is 27.5 Å². The number of ether oxygens (including phenoxy) is 2. The molecule has 2 amide bonds. The number of anilines is 1. The minimum Gasteiger partial charge on any atom is -0.493 e. The zero-order valence-corrected chi connectivity index (χ0v) is 29.6. The van der Waals surface area contributed by atoms with Gasteiger partial charge in [0, 0.05) is 25.1 Å². The molecule has 1 N–H and O–H groups in total. The average molecular weight is 713 g/mol. The third-order valence-corrected chi connectivity index (χ3v) is 10.4. The Labute approximate surface area is 292 Å². The largest absolute Gasteiger partial charge is 0.493 e. The van der Waals surface area contributed by atoms with Gasteiger partial charge < -0.3 is 19.7 Å². The van der Waals surface area contributed by atoms with E-state index in [4.69, 9.17) is 32.7 Å². The lowest BCUT2D eigenvalue weighted by molar-refractivity contribution is -0.140. The van der Waals surface area contributed by atoms with E-state index in [1.807, 2.05) is 44.2 Å². The fourth-order valence-corrected chi connectivity index (χ4v) is 6.81. The van der Waals surface area contributed by atoms with Gasteiger partial charge in [-0.2, -0.15) is 0 Å². The van der Waals surface area contributed by atoms with E-state index in [0.717, 1.165) is 9.87 Å². The topological polar surface area (TPSA) is 105 Å². The molecule has 0 bridgehead atoms. The van der Waals surface area contributed by atoms with Crippen molar-refractivity contribution in [2.75, 3.05) is 25.1 Å². The summed E-state index contributed by atoms with van der Waals surface area (Å²) in [6, 6.07) is 25.7. The third kappa shape index (κ3) is 9.00. The summed E-state index contributed by atoms with van der Waals surface area (Å²) in [6.07, 6.45) is 0.861. The molecule has 0 fully saturated rings. The lowest BCUT2D eigenvalue weighted by Crippen LogP contribution is -2.54. The highest BCUT2D eigenvalue weighted by atomic mass is 35.5. The van der Waals surface area contributed by atoms with Crippen LogP contribution in [0.4, 0.5) is 5.69 Å². The lowest BCUT2D eigenvalue weighted by atomic mass is 10.0. The molecule has 0 aliphatic carbocycles. The van der Waals surface area contributed by atoms with Crippen LogP contribution in [-0.2, 0) is 32.6 Å². The van der Waals surface area contributed by atoms with E-state index < -0.39 is 28.5 Å². The maximum atomic E-state index is 14.6. The Kier molecular flexibility index (Phi) is 12.7. The second kappa shape index (κ2) is 16.7. The van der Waals surface area contributed by atoms with Crippen molar-refractivity contribution >= 4 is 50.7 Å². The van der Waals surface area contributed by atoms with Crippen LogP contribution < -0.4 is 19.1 Å². The standard InChI is InChI=1S/C36H39Cl2N3O6S/c1-5-25(2)39-36(43)32(21-26-12-8-6-9-13-26)40(23-27-16-18-30(37)31(38)20-27)35(42)24-41(28-14-10-7-11-15-28)48(44,45)29-17-19-33(46-3)34(22-29)47-4/h6-20,22,25,32H,5,21,23-24H2,1-4H3,(H,39,43)/t25-,32-/m1/s1. The first-order valence-electron chi connectivity index (χ1n) is 15.4. The zero-order valence-electron chi connectivity index (χ0n) is 27.2. The minimum atomic E-state index is -4.34. The number of hydrogen-bond acceptors (Lipinski definition) is 6. The number of rotatable bonds is 15. The summed E-state index contributed by atoms with van der Waals surface area (Å²) in [5, 5.41) is 3.64. The predicted molar refractivity (Wildman–Crippen MR) is 189 cm³/mol. The number of benzene rings is 4. The van der Waals surface area contributed by atoms with Gasteiger partial charge in [-0.25, -0.2) is 8.42 Å². The van der Waals surface area contributed by atoms with E-state index in [2.05, 4.69) is 5.32 Å². The molecule has 4 aromatic carbocycles. The van der Waals surface area contributed by atoms with E-state index >= 15 is 0 Å². The Morgan fingerprint density at radius 2 is 1.46 bits per heavy atom. The molecule has 0 aliphatic rings. The predicted octanol–water partition coefficient (Wildman–Crippen LogP) is 6.76. The van der Waals surface area contributed by atoms with Crippen LogP contribution in [-0.4, -0.2) is 58.0 Å². The number of hydrogen-bond donors (Lipinski definition) is 1. The molecule has 48 heavy (non-hydrogen) atoms. The van der Waals surface area contributed by atoms with Gasteiger partial charge in [-0.15, -0.1) is 0 Å². The molecule has 9 nitrogen and oxygen atoms in total. The van der Waals surface area contributed by atoms with Crippen LogP contribution in [0.2, 0.25) is 10.0 Å². The van der Waals surface area contributed by atoms with Crippen LogP contribution in [0.5, 0.6) is 11.5 Å². The summed E-state index contributed by atoms with van der Waals surface area (Å²) < 4.78 is 40.4. The van der Waals surface area contributed by atoms with Crippen LogP contribution >= 0.6 is 23.2 Å². The highest BCUT2D eigenvalue weighted by Gasteiger charge is 2.35. The molecule has 2 atom stereocenters. The molecule has 0 aliphatic heterocycles. The number of nitrogens with one attached hydrogen (secondary N) is 1. The molecule has 0 unspecified atom stereocenters. The fraction of sp³-hybridized carbons (Fsp3) is 0.278. The monoisotopic (exact) mass is 711 g/mol. The second-order valence-electron chi connectivity index (χ2n) is 11.2. The highest BCUT2D eigenvalue weighted by molar-refractivity contribution is 7.92. The zero-order chi connectivity index (χ0) is 34.8. The van der Waals surface area contributed by atoms with E-state index in [9.17, 15) is 18.0 Å². The Morgan fingerprint density at radius 3 is 2.06 bits per heavy atom. The van der Waals surface area contributed by atoms with Crippen LogP contribution in [0.15, 0.2) is 102 Å². The second-order valence-corrected chi connectivity index (χ2v) is 13.8. The highest BCUT2D eigenvalue weighted by Crippen LogP contribution is 2.32. The smallest absolute Gasteiger partial charge is 0.264 e. The van der Waals surface area contributed by atoms with Gasteiger partial charge >= 0.3 is 0 Å². The fourth-order valence-electron chi connectivity index (χ4n) is 5.06. The molecule has 4 rings (SSSR count). The molecular weight excluding hydrogens is 673 g/mol. The number of sulfonamides is 1. The lowest BCUT2D eigenvalue weighted by Gasteiger charge is -2.34. The van der Waals surface area contributed by atoms with Crippen molar-refractivity contribution in [1.82, 2.24) is 10.2 Å². The Bertz CT molecular complexity index is 1810. The maximum Gasteiger partial charge on any atom is 0.264 e. The first kappa shape index (κ1) is 36.6. The molecule has 0 heterocycles. The number of para-hydroxylation sites is 1. The molecule has 0 spiro atoms. The Balaban J connectivity index is 1.83. The normalized spacial score (nSPS) is 12.5. The maximum absolute atomic E-state index is 14.6. The molecule has 0 saturated heterocycles. The van der Waals surface area contributed by atoms with Crippen LogP contribution in [0.25, 0.3) is 0 Å². The van der Waals surface area contributed by atoms with Gasteiger partial charge in [0.1, 0.15) is 12.6 Å². The van der Waals surface area contributed by atoms with E-state index in [-0.39, 0.29) is 46.3 Å². The summed E-state index contributed by atoms with van der Waals surface area (Å²) in [5.74, 6) is -0.406. The SMILES string of the molecule is CC[C@@H](C)NC(=O)[C@@H](Cc1ccccc1)N(Cc1ccc(Cl)c(Cl)c1)C(=O)CN(c1ccccc1)S(=O)(=O)c1ccc(OC)c(OC)c1. The number of methoxy groups -OCH3 is 2. The molecule has 0 radical (unpaired) electrons. The molecule has 0 aromatic heterocycles. The van der Waals surface area contributed by atoms with Gasteiger partial charge in [-0.3, -0.25) is 13.9 Å². The van der Waals surface area contributed by atoms with Gasteiger partial charge in [0.25, 0.3) is 10.0 Å². The van der Waals surface area contributed by atoms with E-state index in [0.29, 0.717) is 22.8 Å². The van der Waals surface area contributed by atoms with Crippen molar-refractivity contribution in [2.24, 2.45) is 0 Å². The first-order chi connectivity index (χ1) is 23.0. The van der Waals surface area contributed by atoms with Gasteiger partial charge in [0.2, 0.25) is 11.8 Å². The van der Waals surface area contributed by atoms with Gasteiger partial charge in [-0.1, -0.05) is 84.7 Å². The Hall–Kier alpha value is -4.25. The minimum absolute atomic E-state index is 0.0415.